The van der Waals surface area contributed by atoms with Gasteiger partial charge in [-0.1, -0.05) is 45.0 Å². The van der Waals surface area contributed by atoms with Crippen LogP contribution in [0.5, 0.6) is 0 Å². The lowest BCUT2D eigenvalue weighted by molar-refractivity contribution is 0.0912. The van der Waals surface area contributed by atoms with E-state index < -0.39 is 5.54 Å². The van der Waals surface area contributed by atoms with E-state index in [-0.39, 0.29) is 17.1 Å². The molecular weight excluding hydrogens is 289 g/mol. The molecule has 2 aromatic rings. The third-order valence-electron chi connectivity index (χ3n) is 4.01. The molecule has 0 unspecified atom stereocenters. The summed E-state index contributed by atoms with van der Waals surface area (Å²) >= 11 is 0. The van der Waals surface area contributed by atoms with E-state index in [9.17, 15) is 9.18 Å². The number of amides is 1. The molecule has 0 heterocycles. The maximum absolute atomic E-state index is 13.0. The van der Waals surface area contributed by atoms with Gasteiger partial charge in [0.1, 0.15) is 5.82 Å². The second kappa shape index (κ2) is 6.15. The molecule has 0 bridgehead atoms. The first-order valence-corrected chi connectivity index (χ1v) is 7.79. The van der Waals surface area contributed by atoms with Crippen LogP contribution in [0.4, 0.5) is 4.39 Å². The lowest BCUT2D eigenvalue weighted by atomic mass is 9.86. The summed E-state index contributed by atoms with van der Waals surface area (Å²) < 4.78 is 13.0. The van der Waals surface area contributed by atoms with E-state index >= 15 is 0 Å². The van der Waals surface area contributed by atoms with Crippen molar-refractivity contribution in [2.45, 2.75) is 45.6 Å². The molecule has 0 aromatic heterocycles. The number of carbonyl (C=O) groups excluding carboxylic acids is 1. The van der Waals surface area contributed by atoms with Gasteiger partial charge >= 0.3 is 0 Å². The third-order valence-corrected chi connectivity index (χ3v) is 4.01. The van der Waals surface area contributed by atoms with Gasteiger partial charge in [0.05, 0.1) is 5.54 Å². The molecule has 0 atom stereocenters. The van der Waals surface area contributed by atoms with Crippen LogP contribution in [-0.4, -0.2) is 5.91 Å². The molecule has 0 saturated carbocycles. The van der Waals surface area contributed by atoms with Crippen molar-refractivity contribution in [3.8, 4) is 0 Å². The number of hydrogen-bond donors (Lipinski definition) is 1. The smallest absolute Gasteiger partial charge is 0.251 e. The van der Waals surface area contributed by atoms with E-state index in [0.717, 1.165) is 5.56 Å². The average molecular weight is 313 g/mol. The predicted octanol–water partition coefficient (Wildman–Crippen LogP) is 4.79. The number of hydrogen-bond acceptors (Lipinski definition) is 1. The summed E-state index contributed by atoms with van der Waals surface area (Å²) in [5.74, 6) is -0.423. The van der Waals surface area contributed by atoms with Gasteiger partial charge < -0.3 is 5.32 Å². The molecule has 2 nitrogen and oxygen atoms in total. The van der Waals surface area contributed by atoms with Crippen LogP contribution < -0.4 is 5.32 Å². The molecule has 0 aliphatic heterocycles. The standard InChI is InChI=1S/C20H24FNO/c1-19(2,3)15-8-6-14(7-9-15)18(23)22-20(4,5)16-10-12-17(21)13-11-16/h6-13H,1-5H3,(H,22,23). The molecule has 2 rings (SSSR count). The zero-order valence-corrected chi connectivity index (χ0v) is 14.4. The van der Waals surface area contributed by atoms with Gasteiger partial charge in [0.15, 0.2) is 0 Å². The maximum atomic E-state index is 13.0. The molecule has 1 N–H and O–H groups in total. The van der Waals surface area contributed by atoms with Crippen molar-refractivity contribution in [3.05, 3.63) is 71.0 Å². The van der Waals surface area contributed by atoms with Gasteiger partial charge in [-0.05, 0) is 54.7 Å². The van der Waals surface area contributed by atoms with E-state index in [0.29, 0.717) is 5.56 Å². The summed E-state index contributed by atoms with van der Waals surface area (Å²) in [6.45, 7) is 10.2. The third kappa shape index (κ3) is 4.19. The van der Waals surface area contributed by atoms with Crippen LogP contribution in [0.1, 0.15) is 56.1 Å². The summed E-state index contributed by atoms with van der Waals surface area (Å²) in [7, 11) is 0. The highest BCUT2D eigenvalue weighted by Crippen LogP contribution is 2.24. The van der Waals surface area contributed by atoms with Crippen molar-refractivity contribution < 1.29 is 9.18 Å². The molecule has 0 saturated heterocycles. The van der Waals surface area contributed by atoms with E-state index in [1.807, 2.05) is 38.1 Å². The van der Waals surface area contributed by atoms with Crippen molar-refractivity contribution in [1.29, 1.82) is 0 Å². The van der Waals surface area contributed by atoms with Crippen molar-refractivity contribution in [2.75, 3.05) is 0 Å². The lowest BCUT2D eigenvalue weighted by Gasteiger charge is -2.27. The van der Waals surface area contributed by atoms with Crippen LogP contribution in [0, 0.1) is 5.82 Å². The Morgan fingerprint density at radius 3 is 1.78 bits per heavy atom. The molecule has 0 aliphatic rings. The average Bonchev–Trinajstić information content (AvgIpc) is 2.46. The molecule has 1 amide bonds. The van der Waals surface area contributed by atoms with Crippen molar-refractivity contribution >= 4 is 5.91 Å². The van der Waals surface area contributed by atoms with Crippen LogP contribution in [-0.2, 0) is 11.0 Å². The largest absolute Gasteiger partial charge is 0.343 e. The van der Waals surface area contributed by atoms with Gasteiger partial charge in [0.25, 0.3) is 5.91 Å². The zero-order valence-electron chi connectivity index (χ0n) is 14.4. The molecule has 0 spiro atoms. The number of rotatable bonds is 3. The minimum absolute atomic E-state index is 0.0579. The van der Waals surface area contributed by atoms with E-state index in [1.54, 1.807) is 12.1 Å². The minimum atomic E-state index is -0.576. The maximum Gasteiger partial charge on any atom is 0.251 e. The second-order valence-electron chi connectivity index (χ2n) is 7.41. The van der Waals surface area contributed by atoms with Crippen LogP contribution in [0.25, 0.3) is 0 Å². The first-order valence-electron chi connectivity index (χ1n) is 7.79. The second-order valence-corrected chi connectivity index (χ2v) is 7.41. The Labute approximate surface area is 137 Å². The normalized spacial score (nSPS) is 12.1. The van der Waals surface area contributed by atoms with Gasteiger partial charge in [-0.25, -0.2) is 4.39 Å². The number of halogens is 1. The van der Waals surface area contributed by atoms with Gasteiger partial charge in [0.2, 0.25) is 0 Å². The summed E-state index contributed by atoms with van der Waals surface area (Å²) in [4.78, 5) is 12.5. The van der Waals surface area contributed by atoms with Crippen molar-refractivity contribution in [3.63, 3.8) is 0 Å². The van der Waals surface area contributed by atoms with Crippen LogP contribution in [0.3, 0.4) is 0 Å². The molecule has 3 heteroatoms. The monoisotopic (exact) mass is 313 g/mol. The Morgan fingerprint density at radius 1 is 0.826 bits per heavy atom. The number of benzene rings is 2. The Hall–Kier alpha value is -2.16. The highest BCUT2D eigenvalue weighted by Gasteiger charge is 2.23. The highest BCUT2D eigenvalue weighted by molar-refractivity contribution is 5.94. The van der Waals surface area contributed by atoms with Crippen molar-refractivity contribution in [1.82, 2.24) is 5.32 Å². The quantitative estimate of drug-likeness (QED) is 0.867. The highest BCUT2D eigenvalue weighted by atomic mass is 19.1. The molecule has 23 heavy (non-hydrogen) atoms. The van der Waals surface area contributed by atoms with Crippen LogP contribution >= 0.6 is 0 Å². The van der Waals surface area contributed by atoms with Gasteiger partial charge in [-0.15, -0.1) is 0 Å². The Morgan fingerprint density at radius 2 is 1.30 bits per heavy atom. The fourth-order valence-electron chi connectivity index (χ4n) is 2.42. The van der Waals surface area contributed by atoms with Gasteiger partial charge in [0, 0.05) is 5.56 Å². The summed E-state index contributed by atoms with van der Waals surface area (Å²) in [6, 6.07) is 13.9. The minimum Gasteiger partial charge on any atom is -0.343 e. The Kier molecular flexibility index (Phi) is 4.60. The molecule has 0 fully saturated rings. The lowest BCUT2D eigenvalue weighted by Crippen LogP contribution is -2.41. The van der Waals surface area contributed by atoms with E-state index in [4.69, 9.17) is 0 Å². The fourth-order valence-corrected chi connectivity index (χ4v) is 2.42. The molecule has 2 aromatic carbocycles. The summed E-state index contributed by atoms with van der Waals surface area (Å²) in [6.07, 6.45) is 0. The van der Waals surface area contributed by atoms with Gasteiger partial charge in [-0.3, -0.25) is 4.79 Å². The Bertz CT molecular complexity index is 679. The van der Waals surface area contributed by atoms with E-state index in [1.165, 1.54) is 17.7 Å². The molecule has 0 radical (unpaired) electrons. The van der Waals surface area contributed by atoms with Gasteiger partial charge in [-0.2, -0.15) is 0 Å². The molecule has 0 aliphatic carbocycles. The van der Waals surface area contributed by atoms with Crippen LogP contribution in [0.2, 0.25) is 0 Å². The fraction of sp³-hybridized carbons (Fsp3) is 0.350. The predicted molar refractivity (Wildman–Crippen MR) is 92.0 cm³/mol. The topological polar surface area (TPSA) is 29.1 Å². The number of carbonyl (C=O) groups is 1. The SMILES string of the molecule is CC(C)(C)c1ccc(C(=O)NC(C)(C)c2ccc(F)cc2)cc1. The Balaban J connectivity index is 2.16. The first kappa shape index (κ1) is 17.2. The first-order chi connectivity index (χ1) is 10.6. The van der Waals surface area contributed by atoms with Crippen LogP contribution in [0.15, 0.2) is 48.5 Å². The molecule has 122 valence electrons. The zero-order chi connectivity index (χ0) is 17.3. The van der Waals surface area contributed by atoms with E-state index in [2.05, 4.69) is 26.1 Å². The van der Waals surface area contributed by atoms with Crippen molar-refractivity contribution in [2.24, 2.45) is 0 Å². The number of nitrogens with one attached hydrogen (secondary N) is 1. The molecular formula is C20H24FNO. The summed E-state index contributed by atoms with van der Waals surface area (Å²) in [5.41, 5.74) is 2.15. The summed E-state index contributed by atoms with van der Waals surface area (Å²) in [5, 5.41) is 3.01.